The van der Waals surface area contributed by atoms with E-state index >= 15 is 0 Å². The molecule has 2 atom stereocenters. The van der Waals surface area contributed by atoms with Crippen LogP contribution in [0.25, 0.3) is 0 Å². The van der Waals surface area contributed by atoms with E-state index < -0.39 is 0 Å². The topological polar surface area (TPSA) is 93.3 Å². The van der Waals surface area contributed by atoms with Gasteiger partial charge in [-0.25, -0.2) is 5.48 Å². The summed E-state index contributed by atoms with van der Waals surface area (Å²) in [6.07, 6.45) is 3.22. The predicted molar refractivity (Wildman–Crippen MR) is 64.9 cm³/mol. The van der Waals surface area contributed by atoms with Gasteiger partial charge in [0.15, 0.2) is 0 Å². The van der Waals surface area contributed by atoms with Crippen molar-refractivity contribution in [3.8, 4) is 0 Å². The van der Waals surface area contributed by atoms with Gasteiger partial charge in [0.1, 0.15) is 0 Å². The zero-order valence-electron chi connectivity index (χ0n) is 9.64. The van der Waals surface area contributed by atoms with Crippen LogP contribution in [0.5, 0.6) is 0 Å². The van der Waals surface area contributed by atoms with Crippen LogP contribution in [0, 0.1) is 10.8 Å². The molecule has 0 aromatic rings. The Morgan fingerprint density at radius 2 is 2.00 bits per heavy atom. The molecule has 92 valence electrons. The SMILES string of the molecule is CC1(C)CC(N)CC(C)(CNO)C1.N.[HH].[HH].[HH]. The molecule has 1 aliphatic carbocycles. The maximum atomic E-state index is 8.75. The second kappa shape index (κ2) is 4.57. The Bertz CT molecular complexity index is 196. The van der Waals surface area contributed by atoms with Gasteiger partial charge in [-0.2, -0.15) is 0 Å². The summed E-state index contributed by atoms with van der Waals surface area (Å²) in [5, 5.41) is 8.75. The van der Waals surface area contributed by atoms with E-state index in [4.69, 9.17) is 10.9 Å². The summed E-state index contributed by atoms with van der Waals surface area (Å²) < 4.78 is 0. The standard InChI is InChI=1S/C10H22N2O.H3N.3H2/c1-9(2)4-8(11)5-10(3,6-9)7-12-13;;;;/h8,12-13H,4-7,11H2,1-3H3;1H3;3*1H. The highest BCUT2D eigenvalue weighted by molar-refractivity contribution is 4.93. The van der Waals surface area contributed by atoms with Crippen molar-refractivity contribution in [2.45, 2.75) is 46.1 Å². The molecule has 4 nitrogen and oxygen atoms in total. The van der Waals surface area contributed by atoms with Crippen LogP contribution in [0.15, 0.2) is 0 Å². The molecule has 0 amide bonds. The summed E-state index contributed by atoms with van der Waals surface area (Å²) in [6, 6.07) is 0.280. The predicted octanol–water partition coefficient (Wildman–Crippen LogP) is 2.41. The molecule has 7 N–H and O–H groups in total. The molecule has 0 aromatic heterocycles. The lowest BCUT2D eigenvalue weighted by molar-refractivity contribution is 0.0411. The van der Waals surface area contributed by atoms with Crippen LogP contribution in [0.2, 0.25) is 0 Å². The van der Waals surface area contributed by atoms with E-state index in [-0.39, 0.29) is 21.9 Å². The molecule has 0 heterocycles. The summed E-state index contributed by atoms with van der Waals surface area (Å²) in [5.41, 5.74) is 8.75. The van der Waals surface area contributed by atoms with Gasteiger partial charge < -0.3 is 17.1 Å². The lowest BCUT2D eigenvalue weighted by Crippen LogP contribution is -2.46. The zero-order chi connectivity index (χ0) is 10.1. The van der Waals surface area contributed by atoms with Crippen molar-refractivity contribution < 1.29 is 9.49 Å². The van der Waals surface area contributed by atoms with E-state index in [1.54, 1.807) is 0 Å². The monoisotopic (exact) mass is 209 g/mol. The highest BCUT2D eigenvalue weighted by Gasteiger charge is 2.39. The van der Waals surface area contributed by atoms with Crippen molar-refractivity contribution >= 4 is 0 Å². The molecule has 2 unspecified atom stereocenters. The summed E-state index contributed by atoms with van der Waals surface area (Å²) in [7, 11) is 0. The van der Waals surface area contributed by atoms with E-state index in [9.17, 15) is 0 Å². The lowest BCUT2D eigenvalue weighted by atomic mass is 9.63. The van der Waals surface area contributed by atoms with Gasteiger partial charge in [-0.05, 0) is 30.1 Å². The molecule has 0 spiro atoms. The molecule has 0 saturated heterocycles. The quantitative estimate of drug-likeness (QED) is 0.525. The molecular weight excluding hydrogens is 178 g/mol. The average molecular weight is 209 g/mol. The van der Waals surface area contributed by atoms with Crippen LogP contribution in [-0.4, -0.2) is 17.8 Å². The first-order valence-corrected chi connectivity index (χ1v) is 4.99. The van der Waals surface area contributed by atoms with Crippen molar-refractivity contribution in [2.24, 2.45) is 16.6 Å². The molecule has 4 heteroatoms. The molecule has 1 rings (SSSR count). The summed E-state index contributed by atoms with van der Waals surface area (Å²) in [5.74, 6) is 0. The van der Waals surface area contributed by atoms with Gasteiger partial charge in [0.2, 0.25) is 0 Å². The third kappa shape index (κ3) is 3.53. The largest absolute Gasteiger partial charge is 0.344 e. The Labute approximate surface area is 91.2 Å². The van der Waals surface area contributed by atoms with Crippen molar-refractivity contribution in [2.75, 3.05) is 6.54 Å². The number of nitrogens with two attached hydrogens (primary N) is 1. The van der Waals surface area contributed by atoms with E-state index in [0.717, 1.165) is 19.3 Å². The van der Waals surface area contributed by atoms with Crippen molar-refractivity contribution in [1.82, 2.24) is 11.6 Å². The minimum absolute atomic E-state index is 0. The van der Waals surface area contributed by atoms with Gasteiger partial charge >= 0.3 is 0 Å². The molecule has 0 radical (unpaired) electrons. The fourth-order valence-corrected chi connectivity index (χ4v) is 3.04. The normalized spacial score (nSPS) is 36.2. The van der Waals surface area contributed by atoms with Gasteiger partial charge in [-0.3, -0.25) is 0 Å². The third-order valence-corrected chi connectivity index (χ3v) is 2.98. The number of hydrogen-bond donors (Lipinski definition) is 4. The molecule has 1 saturated carbocycles. The van der Waals surface area contributed by atoms with Crippen LogP contribution in [-0.2, 0) is 0 Å². The van der Waals surface area contributed by atoms with E-state index in [1.807, 2.05) is 0 Å². The van der Waals surface area contributed by atoms with E-state index in [1.165, 1.54) is 0 Å². The fraction of sp³-hybridized carbons (Fsp3) is 1.00. The lowest BCUT2D eigenvalue weighted by Gasteiger charge is -2.45. The molecule has 0 aliphatic heterocycles. The van der Waals surface area contributed by atoms with Crippen LogP contribution in [0.3, 0.4) is 0 Å². The maximum Gasteiger partial charge on any atom is 0.0262 e. The average Bonchev–Trinajstić information content (AvgIpc) is 1.78. The molecular formula is C10H31N3O. The van der Waals surface area contributed by atoms with Gasteiger partial charge in [-0.1, -0.05) is 20.8 Å². The van der Waals surface area contributed by atoms with Gasteiger partial charge in [0.05, 0.1) is 0 Å². The first-order chi connectivity index (χ1) is 5.87. The maximum absolute atomic E-state index is 8.75. The number of hydrogen-bond acceptors (Lipinski definition) is 4. The van der Waals surface area contributed by atoms with Gasteiger partial charge in [0, 0.05) is 16.9 Å². The van der Waals surface area contributed by atoms with Crippen molar-refractivity contribution in [3.05, 3.63) is 0 Å². The Morgan fingerprint density at radius 1 is 1.43 bits per heavy atom. The van der Waals surface area contributed by atoms with Crippen LogP contribution < -0.4 is 17.4 Å². The van der Waals surface area contributed by atoms with E-state index in [0.29, 0.717) is 12.0 Å². The fourth-order valence-electron chi connectivity index (χ4n) is 3.04. The number of hydroxylamine groups is 1. The Kier molecular flexibility index (Phi) is 4.52. The van der Waals surface area contributed by atoms with Crippen LogP contribution in [0.1, 0.15) is 44.3 Å². The second-order valence-corrected chi connectivity index (χ2v) is 5.65. The molecule has 0 bridgehead atoms. The summed E-state index contributed by atoms with van der Waals surface area (Å²) in [6.45, 7) is 7.34. The van der Waals surface area contributed by atoms with Crippen molar-refractivity contribution in [3.63, 3.8) is 0 Å². The molecule has 14 heavy (non-hydrogen) atoms. The van der Waals surface area contributed by atoms with Gasteiger partial charge in [0.25, 0.3) is 0 Å². The van der Waals surface area contributed by atoms with Crippen molar-refractivity contribution in [1.29, 1.82) is 0 Å². The number of rotatable bonds is 2. The zero-order valence-corrected chi connectivity index (χ0v) is 9.64. The minimum atomic E-state index is 0. The highest BCUT2D eigenvalue weighted by Crippen LogP contribution is 2.44. The Balaban J connectivity index is -0.000000211. The first-order valence-electron chi connectivity index (χ1n) is 4.99. The molecule has 1 aliphatic rings. The molecule has 0 aromatic carbocycles. The smallest absolute Gasteiger partial charge is 0.0262 e. The Hall–Kier alpha value is -0.160. The summed E-state index contributed by atoms with van der Waals surface area (Å²) >= 11 is 0. The second-order valence-electron chi connectivity index (χ2n) is 5.65. The number of nitrogens with one attached hydrogen (secondary N) is 1. The van der Waals surface area contributed by atoms with Gasteiger partial charge in [-0.15, -0.1) is 0 Å². The third-order valence-electron chi connectivity index (χ3n) is 2.98. The highest BCUT2D eigenvalue weighted by atomic mass is 16.5. The Morgan fingerprint density at radius 3 is 2.43 bits per heavy atom. The van der Waals surface area contributed by atoms with E-state index in [2.05, 4.69) is 26.3 Å². The summed E-state index contributed by atoms with van der Waals surface area (Å²) in [4.78, 5) is 0. The molecule has 1 fully saturated rings. The minimum Gasteiger partial charge on any atom is -0.344 e. The first kappa shape index (κ1) is 13.8. The van der Waals surface area contributed by atoms with Crippen LogP contribution in [0.4, 0.5) is 0 Å². The van der Waals surface area contributed by atoms with Crippen LogP contribution >= 0.6 is 0 Å².